The van der Waals surface area contributed by atoms with E-state index in [0.29, 0.717) is 18.7 Å². The van der Waals surface area contributed by atoms with Crippen LogP contribution in [0.1, 0.15) is 12.0 Å². The van der Waals surface area contributed by atoms with E-state index in [2.05, 4.69) is 5.32 Å². The second-order valence-electron chi connectivity index (χ2n) is 3.20. The fourth-order valence-corrected chi connectivity index (χ4v) is 1.45. The normalized spacial score (nSPS) is 11.6. The zero-order valence-corrected chi connectivity index (χ0v) is 9.07. The molecule has 0 aliphatic carbocycles. The second kappa shape index (κ2) is 5.41. The number of benzene rings is 1. The van der Waals surface area contributed by atoms with Crippen molar-refractivity contribution in [2.24, 2.45) is 0 Å². The summed E-state index contributed by atoms with van der Waals surface area (Å²) in [6.07, 6.45) is -3.90. The number of alkyl halides is 3. The number of aliphatic hydroxyl groups is 1. The van der Waals surface area contributed by atoms with Gasteiger partial charge in [-0.1, -0.05) is 11.6 Å². The Morgan fingerprint density at radius 1 is 1.31 bits per heavy atom. The monoisotopic (exact) mass is 253 g/mol. The SMILES string of the molecule is OCCCNc1ccc(C(F)(F)F)c(Cl)c1. The number of hydrogen-bond donors (Lipinski definition) is 2. The van der Waals surface area contributed by atoms with Gasteiger partial charge in [0, 0.05) is 18.8 Å². The fraction of sp³-hybridized carbons (Fsp3) is 0.400. The van der Waals surface area contributed by atoms with Crippen molar-refractivity contribution >= 4 is 17.3 Å². The molecular formula is C10H11ClF3NO. The molecule has 0 radical (unpaired) electrons. The summed E-state index contributed by atoms with van der Waals surface area (Å²) >= 11 is 5.52. The van der Waals surface area contributed by atoms with E-state index in [1.165, 1.54) is 12.1 Å². The first kappa shape index (κ1) is 13.1. The van der Waals surface area contributed by atoms with E-state index in [9.17, 15) is 13.2 Å². The molecule has 0 heterocycles. The maximum Gasteiger partial charge on any atom is 0.417 e. The van der Waals surface area contributed by atoms with Crippen LogP contribution in [0.2, 0.25) is 5.02 Å². The molecule has 0 aromatic heterocycles. The minimum Gasteiger partial charge on any atom is -0.396 e. The van der Waals surface area contributed by atoms with Gasteiger partial charge >= 0.3 is 6.18 Å². The highest BCUT2D eigenvalue weighted by Crippen LogP contribution is 2.35. The number of anilines is 1. The molecule has 0 aliphatic heterocycles. The van der Waals surface area contributed by atoms with Crippen LogP contribution in [0.3, 0.4) is 0 Å². The van der Waals surface area contributed by atoms with E-state index >= 15 is 0 Å². The molecule has 2 N–H and O–H groups in total. The average Bonchev–Trinajstić information content (AvgIpc) is 2.16. The van der Waals surface area contributed by atoms with Gasteiger partial charge in [0.15, 0.2) is 0 Å². The highest BCUT2D eigenvalue weighted by atomic mass is 35.5. The smallest absolute Gasteiger partial charge is 0.396 e. The highest BCUT2D eigenvalue weighted by molar-refractivity contribution is 6.31. The van der Waals surface area contributed by atoms with Gasteiger partial charge in [0.05, 0.1) is 10.6 Å². The predicted octanol–water partition coefficient (Wildman–Crippen LogP) is 3.15. The van der Waals surface area contributed by atoms with E-state index in [1.54, 1.807) is 0 Å². The third-order valence-corrected chi connectivity index (χ3v) is 2.25. The summed E-state index contributed by atoms with van der Waals surface area (Å²) in [5.74, 6) is 0. The van der Waals surface area contributed by atoms with Crippen LogP contribution in [0.4, 0.5) is 18.9 Å². The number of hydrogen-bond acceptors (Lipinski definition) is 2. The van der Waals surface area contributed by atoms with Crippen LogP contribution in [0.25, 0.3) is 0 Å². The molecule has 0 amide bonds. The predicted molar refractivity (Wildman–Crippen MR) is 56.6 cm³/mol. The van der Waals surface area contributed by atoms with Gasteiger partial charge in [-0.3, -0.25) is 0 Å². The van der Waals surface area contributed by atoms with Gasteiger partial charge in [-0.25, -0.2) is 0 Å². The van der Waals surface area contributed by atoms with Crippen LogP contribution in [-0.4, -0.2) is 18.3 Å². The van der Waals surface area contributed by atoms with Crippen molar-refractivity contribution < 1.29 is 18.3 Å². The van der Waals surface area contributed by atoms with Crippen molar-refractivity contribution in [2.75, 3.05) is 18.5 Å². The molecule has 1 aromatic rings. The Balaban J connectivity index is 2.75. The van der Waals surface area contributed by atoms with E-state index in [0.717, 1.165) is 6.07 Å². The first-order valence-corrected chi connectivity index (χ1v) is 5.04. The standard InChI is InChI=1S/C10H11ClF3NO/c11-9-6-7(15-4-1-5-16)2-3-8(9)10(12,13)14/h2-3,6,15-16H,1,4-5H2. The van der Waals surface area contributed by atoms with Crippen LogP contribution in [-0.2, 0) is 6.18 Å². The lowest BCUT2D eigenvalue weighted by Gasteiger charge is -2.11. The molecule has 0 unspecified atom stereocenters. The van der Waals surface area contributed by atoms with E-state index in [-0.39, 0.29) is 11.6 Å². The molecule has 1 rings (SSSR count). The molecule has 2 nitrogen and oxygen atoms in total. The third kappa shape index (κ3) is 3.57. The molecule has 0 fully saturated rings. The number of nitrogens with one attached hydrogen (secondary N) is 1. The average molecular weight is 254 g/mol. The molecule has 1 aromatic carbocycles. The Morgan fingerprint density at radius 3 is 2.50 bits per heavy atom. The van der Waals surface area contributed by atoms with Gasteiger partial charge in [0.2, 0.25) is 0 Å². The van der Waals surface area contributed by atoms with Crippen molar-refractivity contribution in [1.29, 1.82) is 0 Å². The van der Waals surface area contributed by atoms with Gasteiger partial charge in [-0.15, -0.1) is 0 Å². The van der Waals surface area contributed by atoms with Gasteiger partial charge in [-0.2, -0.15) is 13.2 Å². The van der Waals surface area contributed by atoms with Gasteiger partial charge in [0.25, 0.3) is 0 Å². The number of rotatable bonds is 4. The van der Waals surface area contributed by atoms with Crippen LogP contribution in [0.5, 0.6) is 0 Å². The molecule has 0 aliphatic rings. The first-order valence-electron chi connectivity index (χ1n) is 4.66. The molecule has 0 spiro atoms. The Bertz CT molecular complexity index is 354. The van der Waals surface area contributed by atoms with Crippen LogP contribution < -0.4 is 5.32 Å². The minimum atomic E-state index is -4.43. The van der Waals surface area contributed by atoms with Gasteiger partial charge < -0.3 is 10.4 Å². The van der Waals surface area contributed by atoms with E-state index < -0.39 is 11.7 Å². The topological polar surface area (TPSA) is 32.3 Å². The van der Waals surface area contributed by atoms with Gasteiger partial charge in [0.1, 0.15) is 0 Å². The Morgan fingerprint density at radius 2 is 2.00 bits per heavy atom. The zero-order valence-electron chi connectivity index (χ0n) is 8.31. The van der Waals surface area contributed by atoms with Crippen molar-refractivity contribution in [3.63, 3.8) is 0 Å². The largest absolute Gasteiger partial charge is 0.417 e. The highest BCUT2D eigenvalue weighted by Gasteiger charge is 2.32. The van der Waals surface area contributed by atoms with Crippen LogP contribution in [0, 0.1) is 0 Å². The maximum atomic E-state index is 12.3. The summed E-state index contributed by atoms with van der Waals surface area (Å²) in [5.41, 5.74) is -0.340. The Kier molecular flexibility index (Phi) is 4.44. The van der Waals surface area contributed by atoms with Crippen molar-refractivity contribution in [3.05, 3.63) is 28.8 Å². The van der Waals surface area contributed by atoms with E-state index in [1.807, 2.05) is 0 Å². The quantitative estimate of drug-likeness (QED) is 0.808. The van der Waals surface area contributed by atoms with E-state index in [4.69, 9.17) is 16.7 Å². The fourth-order valence-electron chi connectivity index (χ4n) is 1.17. The lowest BCUT2D eigenvalue weighted by molar-refractivity contribution is -0.137. The zero-order chi connectivity index (χ0) is 12.2. The number of halogens is 4. The summed E-state index contributed by atoms with van der Waals surface area (Å²) in [6, 6.07) is 3.47. The minimum absolute atomic E-state index is 0.0291. The maximum absolute atomic E-state index is 12.3. The molecule has 16 heavy (non-hydrogen) atoms. The number of aliphatic hydroxyl groups excluding tert-OH is 1. The Hall–Kier alpha value is -0.940. The van der Waals surface area contributed by atoms with Crippen molar-refractivity contribution in [1.82, 2.24) is 0 Å². The molecule has 0 atom stereocenters. The summed E-state index contributed by atoms with van der Waals surface area (Å²) in [5, 5.41) is 11.1. The molecule has 0 bridgehead atoms. The van der Waals surface area contributed by atoms with Crippen LogP contribution >= 0.6 is 11.6 Å². The van der Waals surface area contributed by atoms with Crippen molar-refractivity contribution in [3.8, 4) is 0 Å². The molecule has 0 saturated heterocycles. The summed E-state index contributed by atoms with van der Waals surface area (Å²) in [7, 11) is 0. The summed E-state index contributed by atoms with van der Waals surface area (Å²) < 4.78 is 37.0. The van der Waals surface area contributed by atoms with Crippen LogP contribution in [0.15, 0.2) is 18.2 Å². The Labute approximate surface area is 96.0 Å². The second-order valence-corrected chi connectivity index (χ2v) is 3.60. The lowest BCUT2D eigenvalue weighted by Crippen LogP contribution is -2.07. The first-order chi connectivity index (χ1) is 7.45. The summed E-state index contributed by atoms with van der Waals surface area (Å²) in [4.78, 5) is 0. The molecule has 6 heteroatoms. The summed E-state index contributed by atoms with van der Waals surface area (Å²) in [6.45, 7) is 0.513. The molecule has 0 saturated carbocycles. The molecular weight excluding hydrogens is 243 g/mol. The lowest BCUT2D eigenvalue weighted by atomic mass is 10.2. The molecule has 90 valence electrons. The third-order valence-electron chi connectivity index (χ3n) is 1.94. The van der Waals surface area contributed by atoms with Crippen molar-refractivity contribution in [2.45, 2.75) is 12.6 Å². The van der Waals surface area contributed by atoms with Gasteiger partial charge in [-0.05, 0) is 24.6 Å².